The van der Waals surface area contributed by atoms with Crippen LogP contribution in [0.15, 0.2) is 12.2 Å². The number of allylic oxidation sites excluding steroid dienone is 2. The van der Waals surface area contributed by atoms with Gasteiger partial charge in [-0.1, -0.05) is 19.1 Å². The van der Waals surface area contributed by atoms with Gasteiger partial charge in [0.15, 0.2) is 0 Å². The Hall–Kier alpha value is -0.300. The molecule has 9 heavy (non-hydrogen) atoms. The molecule has 0 aromatic rings. The van der Waals surface area contributed by atoms with E-state index in [0.717, 1.165) is 18.4 Å². The van der Waals surface area contributed by atoms with Gasteiger partial charge in [0.25, 0.3) is 0 Å². The summed E-state index contributed by atoms with van der Waals surface area (Å²) >= 11 is 0. The third-order valence-corrected chi connectivity index (χ3v) is 2.16. The number of rotatable bonds is 2. The maximum Gasteiger partial charge on any atom is -0.00743 e. The van der Waals surface area contributed by atoms with Crippen molar-refractivity contribution in [1.29, 1.82) is 0 Å². The second-order valence-corrected chi connectivity index (χ2v) is 2.86. The molecule has 2 atom stereocenters. The molecule has 0 fully saturated rings. The Morgan fingerprint density at radius 2 is 2.44 bits per heavy atom. The van der Waals surface area contributed by atoms with E-state index >= 15 is 0 Å². The fourth-order valence-electron chi connectivity index (χ4n) is 1.43. The average Bonchev–Trinajstić information content (AvgIpc) is 2.18. The molecule has 0 saturated carbocycles. The summed E-state index contributed by atoms with van der Waals surface area (Å²) in [4.78, 5) is 0. The normalized spacial score (nSPS) is 33.6. The first-order valence-electron chi connectivity index (χ1n) is 3.71. The van der Waals surface area contributed by atoms with Crippen LogP contribution in [0.5, 0.6) is 0 Å². The number of hydrogen-bond acceptors (Lipinski definition) is 1. The van der Waals surface area contributed by atoms with Crippen LogP contribution in [0.25, 0.3) is 0 Å². The van der Waals surface area contributed by atoms with Crippen molar-refractivity contribution in [2.45, 2.75) is 19.8 Å². The van der Waals surface area contributed by atoms with Crippen molar-refractivity contribution >= 4 is 0 Å². The predicted molar refractivity (Wildman–Crippen MR) is 40.1 cm³/mol. The van der Waals surface area contributed by atoms with Gasteiger partial charge in [-0.15, -0.1) is 0 Å². The number of hydrogen-bond donors (Lipinski definition) is 1. The lowest BCUT2D eigenvalue weighted by atomic mass is 9.94. The molecule has 2 unspecified atom stereocenters. The Morgan fingerprint density at radius 1 is 1.67 bits per heavy atom. The van der Waals surface area contributed by atoms with E-state index in [1.165, 1.54) is 12.8 Å². The minimum Gasteiger partial charge on any atom is -0.330 e. The highest BCUT2D eigenvalue weighted by Gasteiger charge is 2.16. The predicted octanol–water partition coefficient (Wildman–Crippen LogP) is 1.55. The smallest absolute Gasteiger partial charge is 0.00743 e. The molecule has 1 aliphatic carbocycles. The van der Waals surface area contributed by atoms with Gasteiger partial charge >= 0.3 is 0 Å². The first kappa shape index (κ1) is 6.81. The van der Waals surface area contributed by atoms with Crippen molar-refractivity contribution in [2.24, 2.45) is 17.6 Å². The van der Waals surface area contributed by atoms with Gasteiger partial charge in [-0.25, -0.2) is 0 Å². The van der Waals surface area contributed by atoms with Crippen LogP contribution in [0.2, 0.25) is 0 Å². The topological polar surface area (TPSA) is 26.0 Å². The second kappa shape index (κ2) is 3.02. The molecule has 0 aromatic heterocycles. The molecule has 1 heteroatoms. The van der Waals surface area contributed by atoms with Gasteiger partial charge in [-0.2, -0.15) is 0 Å². The lowest BCUT2D eigenvalue weighted by Gasteiger charge is -2.12. The molecule has 0 aromatic carbocycles. The van der Waals surface area contributed by atoms with Crippen molar-refractivity contribution in [1.82, 2.24) is 0 Å². The summed E-state index contributed by atoms with van der Waals surface area (Å²) in [6.45, 7) is 3.11. The van der Waals surface area contributed by atoms with E-state index in [1.807, 2.05) is 0 Å². The quantitative estimate of drug-likeness (QED) is 0.557. The third kappa shape index (κ3) is 1.55. The average molecular weight is 125 g/mol. The van der Waals surface area contributed by atoms with Crippen LogP contribution in [0.1, 0.15) is 19.8 Å². The van der Waals surface area contributed by atoms with Gasteiger partial charge in [-0.3, -0.25) is 0 Å². The van der Waals surface area contributed by atoms with E-state index in [9.17, 15) is 0 Å². The zero-order valence-corrected chi connectivity index (χ0v) is 6.01. The van der Waals surface area contributed by atoms with E-state index in [2.05, 4.69) is 19.1 Å². The molecule has 0 bridgehead atoms. The molecule has 1 nitrogen and oxygen atoms in total. The van der Waals surface area contributed by atoms with Crippen LogP contribution in [0.3, 0.4) is 0 Å². The van der Waals surface area contributed by atoms with Gasteiger partial charge in [0.2, 0.25) is 0 Å². The molecule has 0 radical (unpaired) electrons. The molecule has 0 aliphatic heterocycles. The summed E-state index contributed by atoms with van der Waals surface area (Å²) in [6, 6.07) is 0. The SMILES string of the molecule is CC1C=CCC1CCN. The maximum atomic E-state index is 5.44. The summed E-state index contributed by atoms with van der Waals surface area (Å²) < 4.78 is 0. The first-order valence-corrected chi connectivity index (χ1v) is 3.71. The monoisotopic (exact) mass is 125 g/mol. The van der Waals surface area contributed by atoms with Crippen LogP contribution in [0, 0.1) is 11.8 Å². The zero-order valence-electron chi connectivity index (χ0n) is 6.01. The van der Waals surface area contributed by atoms with E-state index in [-0.39, 0.29) is 0 Å². The lowest BCUT2D eigenvalue weighted by Crippen LogP contribution is -2.10. The molecule has 0 spiro atoms. The lowest BCUT2D eigenvalue weighted by molar-refractivity contribution is 0.426. The highest BCUT2D eigenvalue weighted by molar-refractivity contribution is 4.99. The maximum absolute atomic E-state index is 5.44. The minimum atomic E-state index is 0.772. The third-order valence-electron chi connectivity index (χ3n) is 2.16. The molecular weight excluding hydrogens is 110 g/mol. The van der Waals surface area contributed by atoms with E-state index < -0.39 is 0 Å². The van der Waals surface area contributed by atoms with E-state index in [1.54, 1.807) is 0 Å². The fourth-order valence-corrected chi connectivity index (χ4v) is 1.43. The van der Waals surface area contributed by atoms with Crippen molar-refractivity contribution in [3.63, 3.8) is 0 Å². The summed E-state index contributed by atoms with van der Waals surface area (Å²) in [5.74, 6) is 1.61. The molecule has 52 valence electrons. The van der Waals surface area contributed by atoms with Crippen LogP contribution in [0.4, 0.5) is 0 Å². The van der Waals surface area contributed by atoms with Crippen LogP contribution in [-0.4, -0.2) is 6.54 Å². The summed E-state index contributed by atoms with van der Waals surface area (Å²) in [7, 11) is 0. The van der Waals surface area contributed by atoms with Crippen LogP contribution < -0.4 is 5.73 Å². The molecule has 0 saturated heterocycles. The largest absolute Gasteiger partial charge is 0.330 e. The van der Waals surface area contributed by atoms with Gasteiger partial charge in [-0.05, 0) is 31.2 Å². The molecule has 1 rings (SSSR count). The van der Waals surface area contributed by atoms with Crippen molar-refractivity contribution in [2.75, 3.05) is 6.54 Å². The van der Waals surface area contributed by atoms with Gasteiger partial charge < -0.3 is 5.73 Å². The standard InChI is InChI=1S/C8H15N/c1-7-3-2-4-8(7)5-6-9/h2-3,7-8H,4-6,9H2,1H3. The Kier molecular flexibility index (Phi) is 2.29. The highest BCUT2D eigenvalue weighted by atomic mass is 14.5. The molecule has 2 N–H and O–H groups in total. The molecule has 1 aliphatic rings. The van der Waals surface area contributed by atoms with Crippen LogP contribution in [-0.2, 0) is 0 Å². The van der Waals surface area contributed by atoms with Gasteiger partial charge in [0, 0.05) is 0 Å². The highest BCUT2D eigenvalue weighted by Crippen LogP contribution is 2.26. The van der Waals surface area contributed by atoms with Crippen molar-refractivity contribution in [3.05, 3.63) is 12.2 Å². The Bertz CT molecular complexity index is 107. The van der Waals surface area contributed by atoms with Gasteiger partial charge in [0.1, 0.15) is 0 Å². The van der Waals surface area contributed by atoms with Crippen molar-refractivity contribution < 1.29 is 0 Å². The Labute approximate surface area is 56.9 Å². The number of nitrogens with two attached hydrogens (primary N) is 1. The summed E-state index contributed by atoms with van der Waals surface area (Å²) in [5.41, 5.74) is 5.44. The van der Waals surface area contributed by atoms with Crippen LogP contribution >= 0.6 is 0 Å². The molecule has 0 heterocycles. The summed E-state index contributed by atoms with van der Waals surface area (Å²) in [5, 5.41) is 0. The Morgan fingerprint density at radius 3 is 2.89 bits per heavy atom. The zero-order chi connectivity index (χ0) is 6.69. The molecule has 0 amide bonds. The van der Waals surface area contributed by atoms with E-state index in [4.69, 9.17) is 5.73 Å². The van der Waals surface area contributed by atoms with E-state index in [0.29, 0.717) is 0 Å². The minimum absolute atomic E-state index is 0.772. The van der Waals surface area contributed by atoms with Crippen molar-refractivity contribution in [3.8, 4) is 0 Å². The first-order chi connectivity index (χ1) is 4.34. The second-order valence-electron chi connectivity index (χ2n) is 2.86. The summed E-state index contributed by atoms with van der Waals surface area (Å²) in [6.07, 6.45) is 7.00. The Balaban J connectivity index is 2.28. The molecular formula is C8H15N. The van der Waals surface area contributed by atoms with Gasteiger partial charge in [0.05, 0.1) is 0 Å². The fraction of sp³-hybridized carbons (Fsp3) is 0.750.